The van der Waals surface area contributed by atoms with Crippen molar-refractivity contribution in [2.24, 2.45) is 0 Å². The topological polar surface area (TPSA) is 55.1 Å². The van der Waals surface area contributed by atoms with Crippen LogP contribution >= 0.6 is 0 Å². The molecule has 1 unspecified atom stereocenters. The SMILES string of the molecule is CCC(C)c1ccc2oc(-c3ccc(NC(=O)c4cccc(C)c4)cc3)nc2c1. The molecule has 3 aromatic carbocycles. The molecule has 0 fully saturated rings. The lowest BCUT2D eigenvalue weighted by atomic mass is 9.98. The van der Waals surface area contributed by atoms with Gasteiger partial charge in [0.05, 0.1) is 0 Å². The van der Waals surface area contributed by atoms with Crippen LogP contribution in [0.1, 0.15) is 47.7 Å². The van der Waals surface area contributed by atoms with Crippen LogP contribution in [-0.4, -0.2) is 10.9 Å². The Labute approximate surface area is 170 Å². The Bertz CT molecular complexity index is 1160. The number of carbonyl (C=O) groups excluding carboxylic acids is 1. The number of fused-ring (bicyclic) bond motifs is 1. The molecule has 0 aliphatic rings. The lowest BCUT2D eigenvalue weighted by molar-refractivity contribution is 0.102. The molecule has 4 aromatic rings. The van der Waals surface area contributed by atoms with Crippen LogP contribution in [0.25, 0.3) is 22.6 Å². The molecule has 1 aromatic heterocycles. The molecular formula is C25H24N2O2. The highest BCUT2D eigenvalue weighted by molar-refractivity contribution is 6.04. The first-order chi connectivity index (χ1) is 14.0. The number of anilines is 1. The van der Waals surface area contributed by atoms with Crippen molar-refractivity contribution in [3.8, 4) is 11.5 Å². The largest absolute Gasteiger partial charge is 0.436 e. The summed E-state index contributed by atoms with van der Waals surface area (Å²) in [5, 5.41) is 2.93. The second kappa shape index (κ2) is 7.92. The van der Waals surface area contributed by atoms with Crippen molar-refractivity contribution in [2.75, 3.05) is 5.32 Å². The molecule has 0 spiro atoms. The van der Waals surface area contributed by atoms with Crippen molar-refractivity contribution in [2.45, 2.75) is 33.1 Å². The standard InChI is InChI=1S/C25H24N2O2/c1-4-17(3)19-10-13-23-22(15-19)27-25(29-23)18-8-11-21(12-9-18)26-24(28)20-7-5-6-16(2)14-20/h5-15,17H,4H2,1-3H3,(H,26,28). The lowest BCUT2D eigenvalue weighted by Gasteiger charge is -2.07. The Morgan fingerprint density at radius 2 is 1.86 bits per heavy atom. The van der Waals surface area contributed by atoms with Gasteiger partial charge in [-0.05, 0) is 73.4 Å². The second-order valence-corrected chi connectivity index (χ2v) is 7.46. The molecule has 0 bridgehead atoms. The number of amides is 1. The monoisotopic (exact) mass is 384 g/mol. The first kappa shape index (κ1) is 18.9. The Morgan fingerprint density at radius 1 is 1.07 bits per heavy atom. The summed E-state index contributed by atoms with van der Waals surface area (Å²) in [6.45, 7) is 6.37. The van der Waals surface area contributed by atoms with Gasteiger partial charge in [-0.15, -0.1) is 0 Å². The maximum absolute atomic E-state index is 12.4. The van der Waals surface area contributed by atoms with E-state index in [-0.39, 0.29) is 5.91 Å². The first-order valence-corrected chi connectivity index (χ1v) is 9.92. The van der Waals surface area contributed by atoms with Gasteiger partial charge < -0.3 is 9.73 Å². The van der Waals surface area contributed by atoms with E-state index >= 15 is 0 Å². The Hall–Kier alpha value is -3.40. The van der Waals surface area contributed by atoms with Gasteiger partial charge in [-0.2, -0.15) is 0 Å². The Balaban J connectivity index is 1.53. The molecule has 4 heteroatoms. The molecule has 0 radical (unpaired) electrons. The number of aromatic nitrogens is 1. The average Bonchev–Trinajstić information content (AvgIpc) is 3.17. The van der Waals surface area contributed by atoms with Gasteiger partial charge in [0.15, 0.2) is 5.58 Å². The zero-order valence-electron chi connectivity index (χ0n) is 16.9. The fourth-order valence-corrected chi connectivity index (χ4v) is 3.30. The number of nitrogens with zero attached hydrogens (tertiary/aromatic N) is 1. The van der Waals surface area contributed by atoms with Crippen LogP contribution < -0.4 is 5.32 Å². The summed E-state index contributed by atoms with van der Waals surface area (Å²) in [4.78, 5) is 17.1. The second-order valence-electron chi connectivity index (χ2n) is 7.46. The van der Waals surface area contributed by atoms with E-state index < -0.39 is 0 Å². The molecule has 4 nitrogen and oxygen atoms in total. The van der Waals surface area contributed by atoms with Crippen LogP contribution in [0.5, 0.6) is 0 Å². The van der Waals surface area contributed by atoms with E-state index in [1.807, 2.05) is 61.5 Å². The molecule has 4 rings (SSSR count). The third kappa shape index (κ3) is 4.06. The van der Waals surface area contributed by atoms with Crippen LogP contribution in [0.15, 0.2) is 71.1 Å². The zero-order chi connectivity index (χ0) is 20.4. The lowest BCUT2D eigenvalue weighted by Crippen LogP contribution is -2.11. The summed E-state index contributed by atoms with van der Waals surface area (Å²) in [7, 11) is 0. The fraction of sp³-hybridized carbons (Fsp3) is 0.200. The molecule has 1 N–H and O–H groups in total. The zero-order valence-corrected chi connectivity index (χ0v) is 16.9. The van der Waals surface area contributed by atoms with Gasteiger partial charge in [-0.25, -0.2) is 4.98 Å². The van der Waals surface area contributed by atoms with Crippen LogP contribution in [-0.2, 0) is 0 Å². The molecule has 146 valence electrons. The highest BCUT2D eigenvalue weighted by atomic mass is 16.3. The first-order valence-electron chi connectivity index (χ1n) is 9.92. The molecule has 0 aliphatic carbocycles. The average molecular weight is 384 g/mol. The smallest absolute Gasteiger partial charge is 0.255 e. The summed E-state index contributed by atoms with van der Waals surface area (Å²) in [6, 6.07) is 21.3. The van der Waals surface area contributed by atoms with Crippen molar-refractivity contribution in [3.63, 3.8) is 0 Å². The molecule has 1 heterocycles. The number of carbonyl (C=O) groups is 1. The highest BCUT2D eigenvalue weighted by Gasteiger charge is 2.12. The maximum atomic E-state index is 12.4. The van der Waals surface area contributed by atoms with Crippen LogP contribution in [0.3, 0.4) is 0 Å². The van der Waals surface area contributed by atoms with Gasteiger partial charge in [0, 0.05) is 16.8 Å². The van der Waals surface area contributed by atoms with Gasteiger partial charge in [0.1, 0.15) is 5.52 Å². The van der Waals surface area contributed by atoms with Crippen molar-refractivity contribution >= 4 is 22.7 Å². The molecular weight excluding hydrogens is 360 g/mol. The van der Waals surface area contributed by atoms with Crippen molar-refractivity contribution in [3.05, 3.63) is 83.4 Å². The number of benzene rings is 3. The maximum Gasteiger partial charge on any atom is 0.255 e. The van der Waals surface area contributed by atoms with Crippen LogP contribution in [0.2, 0.25) is 0 Å². The Morgan fingerprint density at radius 3 is 2.59 bits per heavy atom. The summed E-state index contributed by atoms with van der Waals surface area (Å²) in [6.07, 6.45) is 1.09. The highest BCUT2D eigenvalue weighted by Crippen LogP contribution is 2.28. The van der Waals surface area contributed by atoms with Gasteiger partial charge in [0.25, 0.3) is 5.91 Å². The normalized spacial score (nSPS) is 12.1. The van der Waals surface area contributed by atoms with E-state index in [0.29, 0.717) is 17.4 Å². The minimum Gasteiger partial charge on any atom is -0.436 e. The third-order valence-electron chi connectivity index (χ3n) is 5.26. The number of hydrogen-bond donors (Lipinski definition) is 1. The number of aryl methyl sites for hydroxylation is 1. The quantitative estimate of drug-likeness (QED) is 0.423. The van der Waals surface area contributed by atoms with Crippen LogP contribution in [0, 0.1) is 6.92 Å². The third-order valence-corrected chi connectivity index (χ3v) is 5.26. The minimum atomic E-state index is -0.124. The molecule has 0 saturated heterocycles. The van der Waals surface area contributed by atoms with Crippen molar-refractivity contribution in [1.29, 1.82) is 0 Å². The van der Waals surface area contributed by atoms with E-state index in [1.54, 1.807) is 0 Å². The number of nitrogens with one attached hydrogen (secondary N) is 1. The summed E-state index contributed by atoms with van der Waals surface area (Å²) in [5.41, 5.74) is 6.23. The minimum absolute atomic E-state index is 0.124. The van der Waals surface area contributed by atoms with Crippen molar-refractivity contribution < 1.29 is 9.21 Å². The number of oxazole rings is 1. The van der Waals surface area contributed by atoms with Gasteiger partial charge in [-0.1, -0.05) is 37.6 Å². The van der Waals surface area contributed by atoms with E-state index in [0.717, 1.165) is 34.3 Å². The molecule has 0 aliphatic heterocycles. The molecule has 0 saturated carbocycles. The number of rotatable bonds is 5. The molecule has 1 atom stereocenters. The van der Waals surface area contributed by atoms with Crippen LogP contribution in [0.4, 0.5) is 5.69 Å². The number of hydrogen-bond acceptors (Lipinski definition) is 3. The van der Waals surface area contributed by atoms with E-state index in [1.165, 1.54) is 5.56 Å². The Kier molecular flexibility index (Phi) is 5.17. The predicted molar refractivity (Wildman–Crippen MR) is 117 cm³/mol. The summed E-state index contributed by atoms with van der Waals surface area (Å²) < 4.78 is 5.93. The summed E-state index contributed by atoms with van der Waals surface area (Å²) >= 11 is 0. The molecule has 1 amide bonds. The van der Waals surface area contributed by atoms with E-state index in [4.69, 9.17) is 4.42 Å². The predicted octanol–water partition coefficient (Wildman–Crippen LogP) is 6.57. The summed E-state index contributed by atoms with van der Waals surface area (Å²) in [5.74, 6) is 0.953. The van der Waals surface area contributed by atoms with E-state index in [2.05, 4.69) is 36.3 Å². The van der Waals surface area contributed by atoms with Gasteiger partial charge in [-0.3, -0.25) is 4.79 Å². The fourth-order valence-electron chi connectivity index (χ4n) is 3.30. The van der Waals surface area contributed by atoms with E-state index in [9.17, 15) is 4.79 Å². The van der Waals surface area contributed by atoms with Gasteiger partial charge >= 0.3 is 0 Å². The molecule has 29 heavy (non-hydrogen) atoms. The van der Waals surface area contributed by atoms with Crippen molar-refractivity contribution in [1.82, 2.24) is 4.98 Å². The van der Waals surface area contributed by atoms with Gasteiger partial charge in [0.2, 0.25) is 5.89 Å².